The van der Waals surface area contributed by atoms with Gasteiger partial charge in [-0.15, -0.1) is 0 Å². The van der Waals surface area contributed by atoms with Gasteiger partial charge in [-0.25, -0.2) is 0 Å². The molecule has 0 saturated heterocycles. The van der Waals surface area contributed by atoms with Crippen LogP contribution in [0.2, 0.25) is 0 Å². The summed E-state index contributed by atoms with van der Waals surface area (Å²) < 4.78 is 18.6. The highest BCUT2D eigenvalue weighted by Crippen LogP contribution is 2.05. The van der Waals surface area contributed by atoms with Crippen molar-refractivity contribution in [2.75, 3.05) is 94.1 Å². The first kappa shape index (κ1) is 47.7. The third-order valence-corrected chi connectivity index (χ3v) is 6.81. The van der Waals surface area contributed by atoms with Crippen LogP contribution in [-0.4, -0.2) is 182 Å². The van der Waals surface area contributed by atoms with Crippen LogP contribution >= 0.6 is 0 Å². The first-order valence-electron chi connectivity index (χ1n) is 15.6. The van der Waals surface area contributed by atoms with E-state index in [1.807, 2.05) is 9.80 Å². The molecule has 0 radical (unpaired) electrons. The fourth-order valence-corrected chi connectivity index (χ4v) is 4.00. The lowest BCUT2D eigenvalue weighted by Crippen LogP contribution is -2.42. The van der Waals surface area contributed by atoms with Crippen LogP contribution in [0.4, 0.5) is 0 Å². The van der Waals surface area contributed by atoms with E-state index in [9.17, 15) is 38.4 Å². The van der Waals surface area contributed by atoms with Gasteiger partial charge in [-0.05, 0) is 0 Å². The highest BCUT2D eigenvalue weighted by Gasteiger charge is 2.18. The number of rotatable bonds is 28. The highest BCUT2D eigenvalue weighted by molar-refractivity contribution is 5.71. The van der Waals surface area contributed by atoms with Crippen molar-refractivity contribution in [2.45, 2.75) is 51.4 Å². The lowest BCUT2D eigenvalue weighted by molar-refractivity contribution is -0.142. The minimum absolute atomic E-state index is 0.0965. The Kier molecular flexibility index (Phi) is 28.2. The van der Waals surface area contributed by atoms with Gasteiger partial charge in [-0.3, -0.25) is 58.0 Å². The second-order valence-corrected chi connectivity index (χ2v) is 10.6. The van der Waals surface area contributed by atoms with Crippen molar-refractivity contribution >= 4 is 47.8 Å². The molecule has 0 aromatic heterocycles. The van der Waals surface area contributed by atoms with E-state index in [0.717, 1.165) is 0 Å². The molecule has 0 aromatic carbocycles. The topological polar surface area (TPSA) is 267 Å². The van der Waals surface area contributed by atoms with Crippen molar-refractivity contribution in [1.29, 1.82) is 0 Å². The number of carbonyl (C=O) groups excluding carboxylic acids is 4. The van der Waals surface area contributed by atoms with Gasteiger partial charge in [0, 0.05) is 52.4 Å². The SMILES string of the molecule is COC(=O)CCN(CCC(=O)OC)CN(CCC(=O)OC)CCC(=O)OC.O=C(O)CCN(CCC(=O)O)CN(CCC(=O)O)CCC(=O)O. The third-order valence-electron chi connectivity index (χ3n) is 6.81. The number of carbonyl (C=O) groups is 8. The van der Waals surface area contributed by atoms with Crippen molar-refractivity contribution in [3.05, 3.63) is 0 Å². The van der Waals surface area contributed by atoms with Crippen LogP contribution in [0.5, 0.6) is 0 Å². The second-order valence-electron chi connectivity index (χ2n) is 10.6. The zero-order chi connectivity index (χ0) is 38.5. The van der Waals surface area contributed by atoms with E-state index in [4.69, 9.17) is 20.4 Å². The molecule has 20 nitrogen and oxygen atoms in total. The average molecular weight is 725 g/mol. The van der Waals surface area contributed by atoms with Gasteiger partial charge in [0.2, 0.25) is 0 Å². The van der Waals surface area contributed by atoms with Crippen LogP contribution in [0.25, 0.3) is 0 Å². The molecular weight excluding hydrogens is 672 g/mol. The predicted octanol–water partition coefficient (Wildman–Crippen LogP) is -0.753. The molecule has 0 aliphatic heterocycles. The molecule has 288 valence electrons. The number of esters is 4. The fraction of sp³-hybridized carbons (Fsp3) is 0.733. The molecule has 0 rings (SSSR count). The maximum Gasteiger partial charge on any atom is 0.306 e. The van der Waals surface area contributed by atoms with E-state index in [1.54, 1.807) is 9.80 Å². The van der Waals surface area contributed by atoms with Crippen LogP contribution in [0.15, 0.2) is 0 Å². The van der Waals surface area contributed by atoms with Gasteiger partial charge in [0.05, 0.1) is 93.1 Å². The quantitative estimate of drug-likeness (QED) is 0.0439. The zero-order valence-corrected chi connectivity index (χ0v) is 29.2. The average Bonchev–Trinajstić information content (AvgIpc) is 3.07. The molecule has 0 atom stereocenters. The summed E-state index contributed by atoms with van der Waals surface area (Å²) in [6.45, 7) is 2.28. The van der Waals surface area contributed by atoms with E-state index >= 15 is 0 Å². The number of methoxy groups -OCH3 is 4. The normalized spacial score (nSPS) is 10.7. The minimum Gasteiger partial charge on any atom is -0.481 e. The smallest absolute Gasteiger partial charge is 0.306 e. The van der Waals surface area contributed by atoms with E-state index < -0.39 is 23.9 Å². The second kappa shape index (κ2) is 29.5. The van der Waals surface area contributed by atoms with Crippen LogP contribution in [0.1, 0.15) is 51.4 Å². The van der Waals surface area contributed by atoms with E-state index in [-0.39, 0.29) is 108 Å². The molecule has 0 aliphatic carbocycles. The van der Waals surface area contributed by atoms with Gasteiger partial charge in [0.1, 0.15) is 0 Å². The molecule has 0 aromatic rings. The first-order chi connectivity index (χ1) is 23.6. The number of carboxylic acids is 4. The maximum absolute atomic E-state index is 11.4. The summed E-state index contributed by atoms with van der Waals surface area (Å²) >= 11 is 0. The van der Waals surface area contributed by atoms with Crippen molar-refractivity contribution in [1.82, 2.24) is 19.6 Å². The summed E-state index contributed by atoms with van der Waals surface area (Å²) in [4.78, 5) is 95.1. The van der Waals surface area contributed by atoms with Crippen molar-refractivity contribution in [3.8, 4) is 0 Å². The van der Waals surface area contributed by atoms with Gasteiger partial charge in [-0.1, -0.05) is 0 Å². The Hall–Kier alpha value is -4.40. The monoisotopic (exact) mass is 724 g/mol. The molecule has 0 spiro atoms. The Morgan fingerprint density at radius 3 is 0.640 bits per heavy atom. The predicted molar refractivity (Wildman–Crippen MR) is 172 cm³/mol. The Morgan fingerprint density at radius 1 is 0.340 bits per heavy atom. The first-order valence-corrected chi connectivity index (χ1v) is 15.6. The van der Waals surface area contributed by atoms with Crippen LogP contribution in [0.3, 0.4) is 0 Å². The van der Waals surface area contributed by atoms with Crippen molar-refractivity contribution < 1.29 is 77.7 Å². The number of hydrogen-bond acceptors (Lipinski definition) is 16. The minimum atomic E-state index is -1.03. The molecule has 0 unspecified atom stereocenters. The summed E-state index contributed by atoms with van der Waals surface area (Å²) in [5.74, 6) is -5.60. The summed E-state index contributed by atoms with van der Waals surface area (Å²) in [6, 6.07) is 0. The molecule has 0 bridgehead atoms. The van der Waals surface area contributed by atoms with E-state index in [0.29, 0.717) is 32.8 Å². The van der Waals surface area contributed by atoms with Crippen LogP contribution in [-0.2, 0) is 57.3 Å². The van der Waals surface area contributed by atoms with Gasteiger partial charge >= 0.3 is 47.8 Å². The molecule has 0 amide bonds. The zero-order valence-electron chi connectivity index (χ0n) is 29.2. The number of ether oxygens (including phenoxy) is 4. The van der Waals surface area contributed by atoms with E-state index in [2.05, 4.69) is 18.9 Å². The molecule has 4 N–H and O–H groups in total. The number of nitrogens with zero attached hydrogens (tertiary/aromatic N) is 4. The van der Waals surface area contributed by atoms with Gasteiger partial charge in [0.15, 0.2) is 0 Å². The lowest BCUT2D eigenvalue weighted by Gasteiger charge is -2.29. The Morgan fingerprint density at radius 2 is 0.500 bits per heavy atom. The van der Waals surface area contributed by atoms with Crippen LogP contribution < -0.4 is 0 Å². The maximum atomic E-state index is 11.4. The van der Waals surface area contributed by atoms with Crippen LogP contribution in [0, 0.1) is 0 Å². The Labute approximate surface area is 290 Å². The van der Waals surface area contributed by atoms with Gasteiger partial charge in [-0.2, -0.15) is 0 Å². The Bertz CT molecular complexity index is 918. The van der Waals surface area contributed by atoms with Gasteiger partial charge in [0.25, 0.3) is 0 Å². The number of aliphatic carboxylic acids is 4. The molecule has 0 fully saturated rings. The summed E-state index contributed by atoms with van der Waals surface area (Å²) in [5, 5.41) is 34.9. The molecule has 0 aliphatic rings. The molecule has 20 heteroatoms. The summed E-state index contributed by atoms with van der Waals surface area (Å²) in [5.41, 5.74) is 0. The molecule has 0 heterocycles. The molecule has 50 heavy (non-hydrogen) atoms. The fourth-order valence-electron chi connectivity index (χ4n) is 4.00. The largest absolute Gasteiger partial charge is 0.481 e. The third kappa shape index (κ3) is 29.7. The van der Waals surface area contributed by atoms with E-state index in [1.165, 1.54) is 28.4 Å². The molecule has 0 saturated carbocycles. The Balaban J connectivity index is 0. The number of carboxylic acid groups (broad SMARTS) is 4. The highest BCUT2D eigenvalue weighted by atomic mass is 16.5. The lowest BCUT2D eigenvalue weighted by atomic mass is 10.3. The van der Waals surface area contributed by atoms with Crippen molar-refractivity contribution in [3.63, 3.8) is 0 Å². The number of hydrogen-bond donors (Lipinski definition) is 4. The van der Waals surface area contributed by atoms with Gasteiger partial charge < -0.3 is 39.4 Å². The van der Waals surface area contributed by atoms with Crippen molar-refractivity contribution in [2.24, 2.45) is 0 Å². The molecular formula is C30H52N4O16. The summed E-state index contributed by atoms with van der Waals surface area (Å²) in [7, 11) is 5.22. The summed E-state index contributed by atoms with van der Waals surface area (Å²) in [6.07, 6.45) is -0.147. The standard InChI is InChI=1S/C17H30N2O8.C13H22N2O8/c1-24-14(20)5-9-18(10-6-15(21)25-2)13-19(11-7-16(22)26-3)12-8-17(23)27-4;16-10(17)1-5-14(6-2-11(18)19)9-15(7-3-12(20)21)8-4-13(22)23/h5-13H2,1-4H3;1-9H2,(H,16,17)(H,18,19)(H,20,21)(H,22,23).